The van der Waals surface area contributed by atoms with Crippen LogP contribution in [0.2, 0.25) is 0 Å². The molecule has 1 heterocycles. The zero-order valence-electron chi connectivity index (χ0n) is 12.0. The molecule has 6 nitrogen and oxygen atoms in total. The molecule has 0 radical (unpaired) electrons. The van der Waals surface area contributed by atoms with E-state index in [1.54, 1.807) is 6.07 Å². The topological polar surface area (TPSA) is 92.4 Å². The molecule has 2 rings (SSSR count). The van der Waals surface area contributed by atoms with Crippen LogP contribution in [0.1, 0.15) is 56.3 Å². The standard InChI is InChI=1S/C14H20N2O4/c1-14(2,3)11-7-10(16-20-11)12(17)15-9-6-4-5-8(9)13(18)19/h7-9H,4-6H2,1-3H3,(H,15,17)(H,18,19)/t8-,9+/m0/s1. The molecule has 110 valence electrons. The van der Waals surface area contributed by atoms with Crippen molar-refractivity contribution in [1.82, 2.24) is 10.5 Å². The van der Waals surface area contributed by atoms with Crippen LogP contribution in [0.25, 0.3) is 0 Å². The summed E-state index contributed by atoms with van der Waals surface area (Å²) in [5.41, 5.74) is -0.0198. The number of carboxylic acids is 1. The van der Waals surface area contributed by atoms with Gasteiger partial charge in [-0.25, -0.2) is 0 Å². The summed E-state index contributed by atoms with van der Waals surface area (Å²) in [5.74, 6) is -1.11. The Hall–Kier alpha value is -1.85. The summed E-state index contributed by atoms with van der Waals surface area (Å²) >= 11 is 0. The molecule has 0 aliphatic heterocycles. The van der Waals surface area contributed by atoms with Crippen LogP contribution in [-0.2, 0) is 10.2 Å². The fourth-order valence-electron chi connectivity index (χ4n) is 2.41. The van der Waals surface area contributed by atoms with Gasteiger partial charge in [0, 0.05) is 17.5 Å². The molecule has 1 fully saturated rings. The maximum Gasteiger partial charge on any atom is 0.308 e. The minimum atomic E-state index is -0.858. The second-order valence-corrected chi connectivity index (χ2v) is 6.28. The maximum absolute atomic E-state index is 12.1. The fraction of sp³-hybridized carbons (Fsp3) is 0.643. The van der Waals surface area contributed by atoms with Crippen molar-refractivity contribution in [3.63, 3.8) is 0 Å². The van der Waals surface area contributed by atoms with Gasteiger partial charge in [-0.05, 0) is 12.8 Å². The Balaban J connectivity index is 2.05. The van der Waals surface area contributed by atoms with Gasteiger partial charge in [-0.3, -0.25) is 9.59 Å². The van der Waals surface area contributed by atoms with Crippen LogP contribution in [-0.4, -0.2) is 28.2 Å². The Morgan fingerprint density at radius 1 is 1.40 bits per heavy atom. The number of nitrogens with zero attached hydrogens (tertiary/aromatic N) is 1. The predicted molar refractivity (Wildman–Crippen MR) is 71.4 cm³/mol. The molecule has 0 bridgehead atoms. The van der Waals surface area contributed by atoms with Crippen molar-refractivity contribution in [3.05, 3.63) is 17.5 Å². The van der Waals surface area contributed by atoms with Crippen LogP contribution in [0, 0.1) is 5.92 Å². The first-order valence-corrected chi connectivity index (χ1v) is 6.80. The van der Waals surface area contributed by atoms with Gasteiger partial charge in [-0.1, -0.05) is 32.3 Å². The molecule has 1 aromatic heterocycles. The highest BCUT2D eigenvalue weighted by atomic mass is 16.5. The van der Waals surface area contributed by atoms with E-state index in [1.165, 1.54) is 0 Å². The Bertz CT molecular complexity index is 515. The minimum absolute atomic E-state index is 0.200. The Morgan fingerprint density at radius 2 is 2.10 bits per heavy atom. The highest BCUT2D eigenvalue weighted by Crippen LogP contribution is 2.27. The minimum Gasteiger partial charge on any atom is -0.481 e. The first-order valence-electron chi connectivity index (χ1n) is 6.80. The molecule has 0 aromatic carbocycles. The summed E-state index contributed by atoms with van der Waals surface area (Å²) in [6, 6.07) is 1.29. The summed E-state index contributed by atoms with van der Waals surface area (Å²) < 4.78 is 5.16. The van der Waals surface area contributed by atoms with Gasteiger partial charge in [-0.2, -0.15) is 0 Å². The van der Waals surface area contributed by atoms with Crippen molar-refractivity contribution in [2.75, 3.05) is 0 Å². The highest BCUT2D eigenvalue weighted by molar-refractivity contribution is 5.92. The van der Waals surface area contributed by atoms with Crippen molar-refractivity contribution < 1.29 is 19.2 Å². The van der Waals surface area contributed by atoms with Gasteiger partial charge in [0.2, 0.25) is 0 Å². The normalized spacial score (nSPS) is 22.8. The number of aromatic nitrogens is 1. The summed E-state index contributed by atoms with van der Waals surface area (Å²) in [7, 11) is 0. The molecule has 6 heteroatoms. The monoisotopic (exact) mass is 280 g/mol. The number of amides is 1. The Morgan fingerprint density at radius 3 is 2.65 bits per heavy atom. The number of rotatable bonds is 3. The van der Waals surface area contributed by atoms with Gasteiger partial charge in [0.15, 0.2) is 5.69 Å². The lowest BCUT2D eigenvalue weighted by Crippen LogP contribution is -2.40. The first kappa shape index (κ1) is 14.6. The maximum atomic E-state index is 12.1. The van der Waals surface area contributed by atoms with Crippen molar-refractivity contribution in [3.8, 4) is 0 Å². The molecule has 1 saturated carbocycles. The summed E-state index contributed by atoms with van der Waals surface area (Å²) in [4.78, 5) is 23.2. The van der Waals surface area contributed by atoms with E-state index in [-0.39, 0.29) is 23.1 Å². The van der Waals surface area contributed by atoms with E-state index in [0.29, 0.717) is 18.6 Å². The second-order valence-electron chi connectivity index (χ2n) is 6.28. The average molecular weight is 280 g/mol. The molecule has 0 saturated heterocycles. The van der Waals surface area contributed by atoms with Crippen molar-refractivity contribution in [2.45, 2.75) is 51.5 Å². The summed E-state index contributed by atoms with van der Waals surface area (Å²) in [5, 5.41) is 15.6. The summed E-state index contributed by atoms with van der Waals surface area (Å²) in [6.45, 7) is 5.89. The molecule has 0 unspecified atom stereocenters. The van der Waals surface area contributed by atoms with Crippen LogP contribution in [0.4, 0.5) is 0 Å². The van der Waals surface area contributed by atoms with Gasteiger partial charge < -0.3 is 14.9 Å². The Labute approximate surface area is 117 Å². The molecule has 2 atom stereocenters. The van der Waals surface area contributed by atoms with E-state index in [1.807, 2.05) is 20.8 Å². The highest BCUT2D eigenvalue weighted by Gasteiger charge is 2.34. The van der Waals surface area contributed by atoms with Gasteiger partial charge >= 0.3 is 5.97 Å². The van der Waals surface area contributed by atoms with Crippen LogP contribution in [0.3, 0.4) is 0 Å². The lowest BCUT2D eigenvalue weighted by atomic mass is 9.93. The van der Waals surface area contributed by atoms with Crippen LogP contribution < -0.4 is 5.32 Å². The molecule has 1 aliphatic carbocycles. The summed E-state index contributed by atoms with van der Waals surface area (Å²) in [6.07, 6.45) is 2.10. The Kier molecular flexibility index (Phi) is 3.83. The van der Waals surface area contributed by atoms with Crippen LogP contribution >= 0.6 is 0 Å². The smallest absolute Gasteiger partial charge is 0.308 e. The zero-order valence-corrected chi connectivity index (χ0v) is 12.0. The average Bonchev–Trinajstić information content (AvgIpc) is 2.95. The molecule has 0 spiro atoms. The van der Waals surface area contributed by atoms with Crippen molar-refractivity contribution in [2.24, 2.45) is 5.92 Å². The van der Waals surface area contributed by atoms with Crippen LogP contribution in [0.15, 0.2) is 10.6 Å². The van der Waals surface area contributed by atoms with Gasteiger partial charge in [0.05, 0.1) is 5.92 Å². The second kappa shape index (κ2) is 5.26. The van der Waals surface area contributed by atoms with Crippen molar-refractivity contribution >= 4 is 11.9 Å². The molecule has 1 amide bonds. The molecular weight excluding hydrogens is 260 g/mol. The molecule has 1 aromatic rings. The number of hydrogen-bond acceptors (Lipinski definition) is 4. The number of nitrogens with one attached hydrogen (secondary N) is 1. The molecule has 1 aliphatic rings. The third kappa shape index (κ3) is 3.00. The number of carbonyl (C=O) groups excluding carboxylic acids is 1. The molecule has 2 N–H and O–H groups in total. The van der Waals surface area contributed by atoms with E-state index in [4.69, 9.17) is 9.63 Å². The van der Waals surface area contributed by atoms with E-state index in [2.05, 4.69) is 10.5 Å². The molecule has 20 heavy (non-hydrogen) atoms. The largest absolute Gasteiger partial charge is 0.481 e. The number of hydrogen-bond donors (Lipinski definition) is 2. The van der Waals surface area contributed by atoms with E-state index in [9.17, 15) is 9.59 Å². The number of carboxylic acid groups (broad SMARTS) is 1. The lowest BCUT2D eigenvalue weighted by molar-refractivity contribution is -0.142. The quantitative estimate of drug-likeness (QED) is 0.882. The zero-order chi connectivity index (χ0) is 14.9. The number of carbonyl (C=O) groups is 2. The van der Waals surface area contributed by atoms with Gasteiger partial charge in [-0.15, -0.1) is 0 Å². The SMILES string of the molecule is CC(C)(C)c1cc(C(=O)N[C@@H]2CCC[C@@H]2C(=O)O)no1. The van der Waals surface area contributed by atoms with E-state index in [0.717, 1.165) is 6.42 Å². The van der Waals surface area contributed by atoms with Gasteiger partial charge in [0.1, 0.15) is 5.76 Å². The third-order valence-corrected chi connectivity index (χ3v) is 3.63. The van der Waals surface area contributed by atoms with E-state index >= 15 is 0 Å². The fourth-order valence-corrected chi connectivity index (χ4v) is 2.41. The third-order valence-electron chi connectivity index (χ3n) is 3.63. The van der Waals surface area contributed by atoms with Crippen molar-refractivity contribution in [1.29, 1.82) is 0 Å². The predicted octanol–water partition coefficient (Wildman–Crippen LogP) is 1.96. The van der Waals surface area contributed by atoms with Gasteiger partial charge in [0.25, 0.3) is 5.91 Å². The van der Waals surface area contributed by atoms with Crippen LogP contribution in [0.5, 0.6) is 0 Å². The lowest BCUT2D eigenvalue weighted by Gasteiger charge is -2.16. The first-order chi connectivity index (χ1) is 9.29. The molecular formula is C14H20N2O4. The number of aliphatic carboxylic acids is 1. The van der Waals surface area contributed by atoms with E-state index < -0.39 is 11.9 Å².